The summed E-state index contributed by atoms with van der Waals surface area (Å²) in [5, 5.41) is 3.38. The first-order chi connectivity index (χ1) is 8.65. The number of methoxy groups -OCH3 is 2. The van der Waals surface area contributed by atoms with Crippen molar-refractivity contribution in [1.29, 1.82) is 0 Å². The Morgan fingerprint density at radius 2 is 2.06 bits per heavy atom. The molecular weight excluding hydrogens is 230 g/mol. The van der Waals surface area contributed by atoms with Crippen molar-refractivity contribution < 1.29 is 14.2 Å². The minimum absolute atomic E-state index is 0.0401. The SMILES string of the molecule is COc1ccc(C2CNC(C(C)C)O2)c(OC)c1. The highest BCUT2D eigenvalue weighted by Crippen LogP contribution is 2.34. The maximum atomic E-state index is 5.99. The number of rotatable bonds is 4. The fraction of sp³-hybridized carbons (Fsp3) is 0.571. The Morgan fingerprint density at radius 1 is 1.28 bits per heavy atom. The molecule has 1 aliphatic rings. The maximum absolute atomic E-state index is 5.99. The largest absolute Gasteiger partial charge is 0.497 e. The lowest BCUT2D eigenvalue weighted by Crippen LogP contribution is -2.27. The van der Waals surface area contributed by atoms with Crippen molar-refractivity contribution in [3.8, 4) is 11.5 Å². The van der Waals surface area contributed by atoms with E-state index in [1.165, 1.54) is 0 Å². The van der Waals surface area contributed by atoms with Gasteiger partial charge in [-0.1, -0.05) is 13.8 Å². The Kier molecular flexibility index (Phi) is 4.09. The summed E-state index contributed by atoms with van der Waals surface area (Å²) in [5.74, 6) is 2.06. The fourth-order valence-electron chi connectivity index (χ4n) is 2.16. The highest BCUT2D eigenvalue weighted by molar-refractivity contribution is 5.42. The van der Waals surface area contributed by atoms with Gasteiger partial charge in [0.2, 0.25) is 0 Å². The molecule has 18 heavy (non-hydrogen) atoms. The average molecular weight is 251 g/mol. The smallest absolute Gasteiger partial charge is 0.128 e. The van der Waals surface area contributed by atoms with E-state index in [1.807, 2.05) is 18.2 Å². The molecule has 4 nitrogen and oxygen atoms in total. The van der Waals surface area contributed by atoms with Gasteiger partial charge in [-0.2, -0.15) is 0 Å². The maximum Gasteiger partial charge on any atom is 0.128 e. The molecule has 2 unspecified atom stereocenters. The zero-order chi connectivity index (χ0) is 13.1. The molecule has 100 valence electrons. The van der Waals surface area contributed by atoms with Gasteiger partial charge in [-0.3, -0.25) is 5.32 Å². The summed E-state index contributed by atoms with van der Waals surface area (Å²) >= 11 is 0. The average Bonchev–Trinajstić information content (AvgIpc) is 2.87. The number of nitrogens with one attached hydrogen (secondary N) is 1. The van der Waals surface area contributed by atoms with Crippen molar-refractivity contribution in [1.82, 2.24) is 5.32 Å². The van der Waals surface area contributed by atoms with Crippen molar-refractivity contribution in [3.63, 3.8) is 0 Å². The summed E-state index contributed by atoms with van der Waals surface area (Å²) < 4.78 is 16.6. The Labute approximate surface area is 108 Å². The van der Waals surface area contributed by atoms with E-state index in [1.54, 1.807) is 14.2 Å². The van der Waals surface area contributed by atoms with Crippen LogP contribution in [-0.2, 0) is 4.74 Å². The quantitative estimate of drug-likeness (QED) is 0.891. The minimum Gasteiger partial charge on any atom is -0.497 e. The molecule has 2 rings (SSSR count). The fourth-order valence-corrected chi connectivity index (χ4v) is 2.16. The predicted molar refractivity (Wildman–Crippen MR) is 70.0 cm³/mol. The third kappa shape index (κ3) is 2.60. The zero-order valence-electron chi connectivity index (χ0n) is 11.4. The molecule has 0 spiro atoms. The Balaban J connectivity index is 2.18. The summed E-state index contributed by atoms with van der Waals surface area (Å²) in [6.07, 6.45) is 0.153. The lowest BCUT2D eigenvalue weighted by molar-refractivity contribution is 0.0127. The summed E-state index contributed by atoms with van der Waals surface area (Å²) in [6.45, 7) is 5.10. The van der Waals surface area contributed by atoms with E-state index in [9.17, 15) is 0 Å². The van der Waals surface area contributed by atoms with Crippen LogP contribution < -0.4 is 14.8 Å². The topological polar surface area (TPSA) is 39.7 Å². The Bertz CT molecular complexity index is 406. The van der Waals surface area contributed by atoms with Gasteiger partial charge < -0.3 is 14.2 Å². The van der Waals surface area contributed by atoms with Gasteiger partial charge in [0.1, 0.15) is 23.8 Å². The van der Waals surface area contributed by atoms with Crippen molar-refractivity contribution in [3.05, 3.63) is 23.8 Å². The van der Waals surface area contributed by atoms with Crippen LogP contribution in [0.1, 0.15) is 25.5 Å². The number of hydrogen-bond donors (Lipinski definition) is 1. The van der Waals surface area contributed by atoms with Crippen LogP contribution in [0.25, 0.3) is 0 Å². The molecule has 2 atom stereocenters. The minimum atomic E-state index is 0.0401. The van der Waals surface area contributed by atoms with Gasteiger partial charge in [0.05, 0.1) is 14.2 Å². The molecule has 4 heteroatoms. The van der Waals surface area contributed by atoms with Gasteiger partial charge in [-0.05, 0) is 18.1 Å². The van der Waals surface area contributed by atoms with Gasteiger partial charge >= 0.3 is 0 Å². The van der Waals surface area contributed by atoms with Gasteiger partial charge in [-0.25, -0.2) is 0 Å². The molecule has 1 aliphatic heterocycles. The number of benzene rings is 1. The van der Waals surface area contributed by atoms with Crippen LogP contribution in [0.2, 0.25) is 0 Å². The summed E-state index contributed by atoms with van der Waals surface area (Å²) in [4.78, 5) is 0. The molecule has 0 bridgehead atoms. The van der Waals surface area contributed by atoms with Gasteiger partial charge in [0.25, 0.3) is 0 Å². The van der Waals surface area contributed by atoms with E-state index in [0.29, 0.717) is 5.92 Å². The molecule has 1 heterocycles. The van der Waals surface area contributed by atoms with E-state index in [0.717, 1.165) is 23.6 Å². The van der Waals surface area contributed by atoms with Gasteiger partial charge in [0.15, 0.2) is 0 Å². The summed E-state index contributed by atoms with van der Waals surface area (Å²) in [5.41, 5.74) is 1.06. The highest BCUT2D eigenvalue weighted by atomic mass is 16.5. The van der Waals surface area contributed by atoms with Crippen LogP contribution in [0.3, 0.4) is 0 Å². The third-order valence-corrected chi connectivity index (χ3v) is 3.21. The van der Waals surface area contributed by atoms with E-state index in [4.69, 9.17) is 14.2 Å². The van der Waals surface area contributed by atoms with Gasteiger partial charge in [0, 0.05) is 18.2 Å². The van der Waals surface area contributed by atoms with Crippen LogP contribution >= 0.6 is 0 Å². The van der Waals surface area contributed by atoms with E-state index in [-0.39, 0.29) is 12.3 Å². The summed E-state index contributed by atoms with van der Waals surface area (Å²) in [7, 11) is 3.32. The first-order valence-corrected chi connectivity index (χ1v) is 6.26. The monoisotopic (exact) mass is 251 g/mol. The number of ether oxygens (including phenoxy) is 3. The molecule has 1 N–H and O–H groups in total. The Hall–Kier alpha value is -1.26. The second kappa shape index (κ2) is 5.59. The molecule has 1 saturated heterocycles. The van der Waals surface area contributed by atoms with Crippen LogP contribution in [0.4, 0.5) is 0 Å². The van der Waals surface area contributed by atoms with Crippen molar-refractivity contribution >= 4 is 0 Å². The van der Waals surface area contributed by atoms with Crippen molar-refractivity contribution in [2.45, 2.75) is 26.2 Å². The van der Waals surface area contributed by atoms with Crippen molar-refractivity contribution in [2.75, 3.05) is 20.8 Å². The standard InChI is InChI=1S/C14H21NO3/c1-9(2)14-15-8-13(18-14)11-6-5-10(16-3)7-12(11)17-4/h5-7,9,13-15H,8H2,1-4H3. The molecule has 1 aromatic rings. The molecular formula is C14H21NO3. The summed E-state index contributed by atoms with van der Waals surface area (Å²) in [6, 6.07) is 5.83. The molecule has 0 aliphatic carbocycles. The molecule has 1 aromatic carbocycles. The first kappa shape index (κ1) is 13.2. The van der Waals surface area contributed by atoms with E-state index < -0.39 is 0 Å². The first-order valence-electron chi connectivity index (χ1n) is 6.26. The zero-order valence-corrected chi connectivity index (χ0v) is 11.4. The third-order valence-electron chi connectivity index (χ3n) is 3.21. The lowest BCUT2D eigenvalue weighted by atomic mass is 10.1. The van der Waals surface area contributed by atoms with E-state index >= 15 is 0 Å². The number of hydrogen-bond acceptors (Lipinski definition) is 4. The lowest BCUT2D eigenvalue weighted by Gasteiger charge is -2.18. The highest BCUT2D eigenvalue weighted by Gasteiger charge is 2.29. The normalized spacial score (nSPS) is 23.4. The van der Waals surface area contributed by atoms with Crippen LogP contribution in [-0.4, -0.2) is 27.0 Å². The Morgan fingerprint density at radius 3 is 2.61 bits per heavy atom. The van der Waals surface area contributed by atoms with Crippen LogP contribution in [0.15, 0.2) is 18.2 Å². The predicted octanol–water partition coefficient (Wildman–Crippen LogP) is 2.35. The van der Waals surface area contributed by atoms with Crippen molar-refractivity contribution in [2.24, 2.45) is 5.92 Å². The van der Waals surface area contributed by atoms with Crippen LogP contribution in [0.5, 0.6) is 11.5 Å². The second-order valence-corrected chi connectivity index (χ2v) is 4.81. The van der Waals surface area contributed by atoms with Gasteiger partial charge in [-0.15, -0.1) is 0 Å². The second-order valence-electron chi connectivity index (χ2n) is 4.81. The molecule has 0 aromatic heterocycles. The molecule has 0 radical (unpaired) electrons. The van der Waals surface area contributed by atoms with Crippen LogP contribution in [0, 0.1) is 5.92 Å². The molecule has 0 saturated carbocycles. The molecule has 1 fully saturated rings. The van der Waals surface area contributed by atoms with E-state index in [2.05, 4.69) is 19.2 Å². The molecule has 0 amide bonds.